The van der Waals surface area contributed by atoms with Crippen LogP contribution in [0, 0.1) is 0 Å². The number of fused-ring (bicyclic) bond motifs is 1. The van der Waals surface area contributed by atoms with Crippen LogP contribution >= 0.6 is 0 Å². The van der Waals surface area contributed by atoms with Gasteiger partial charge in [-0.2, -0.15) is 5.10 Å². The monoisotopic (exact) mass is 301 g/mol. The number of hydrogen-bond acceptors (Lipinski definition) is 3. The first-order chi connectivity index (χ1) is 11.3. The van der Waals surface area contributed by atoms with E-state index in [9.17, 15) is 0 Å². The van der Waals surface area contributed by atoms with Crippen LogP contribution in [0.1, 0.15) is 0 Å². The quantitative estimate of drug-likeness (QED) is 0.572. The van der Waals surface area contributed by atoms with E-state index in [0.29, 0.717) is 0 Å². The zero-order valence-electron chi connectivity index (χ0n) is 12.7. The van der Waals surface area contributed by atoms with Crippen molar-refractivity contribution in [3.8, 4) is 28.4 Å². The summed E-state index contributed by atoms with van der Waals surface area (Å²) in [7, 11) is 1.66. The number of hydrogen-bond donors (Lipinski definition) is 0. The molecule has 0 aliphatic heterocycles. The number of ether oxygens (including phenoxy) is 1. The molecule has 4 heteroatoms. The van der Waals surface area contributed by atoms with Gasteiger partial charge in [0.25, 0.3) is 0 Å². The SMILES string of the molecule is COc1ccc(-c2cc3ccnc(-c4ccccc4)n3n2)cc1. The van der Waals surface area contributed by atoms with Gasteiger partial charge in [-0.25, -0.2) is 9.50 Å². The predicted molar refractivity (Wildman–Crippen MR) is 90.4 cm³/mol. The van der Waals surface area contributed by atoms with Gasteiger partial charge in [0, 0.05) is 17.3 Å². The fourth-order valence-corrected chi connectivity index (χ4v) is 2.61. The summed E-state index contributed by atoms with van der Waals surface area (Å²) in [5.74, 6) is 1.67. The Morgan fingerprint density at radius 3 is 2.39 bits per heavy atom. The van der Waals surface area contributed by atoms with Crippen LogP contribution in [0.3, 0.4) is 0 Å². The van der Waals surface area contributed by atoms with Crippen LogP contribution in [-0.2, 0) is 0 Å². The van der Waals surface area contributed by atoms with Crippen molar-refractivity contribution in [1.29, 1.82) is 0 Å². The maximum absolute atomic E-state index is 5.21. The van der Waals surface area contributed by atoms with Crippen LogP contribution < -0.4 is 4.74 Å². The lowest BCUT2D eigenvalue weighted by Crippen LogP contribution is -1.96. The lowest BCUT2D eigenvalue weighted by Gasteiger charge is -2.03. The lowest BCUT2D eigenvalue weighted by atomic mass is 10.1. The summed E-state index contributed by atoms with van der Waals surface area (Å²) in [5, 5.41) is 4.73. The van der Waals surface area contributed by atoms with Crippen molar-refractivity contribution < 1.29 is 4.74 Å². The number of methoxy groups -OCH3 is 1. The minimum Gasteiger partial charge on any atom is -0.497 e. The Hall–Kier alpha value is -3.14. The van der Waals surface area contributed by atoms with Crippen molar-refractivity contribution in [2.75, 3.05) is 7.11 Å². The molecule has 0 fully saturated rings. The highest BCUT2D eigenvalue weighted by atomic mass is 16.5. The van der Waals surface area contributed by atoms with Gasteiger partial charge in [-0.15, -0.1) is 0 Å². The Kier molecular flexibility index (Phi) is 3.27. The summed E-state index contributed by atoms with van der Waals surface area (Å²) in [5.41, 5.74) is 4.03. The smallest absolute Gasteiger partial charge is 0.161 e. The molecule has 0 saturated heterocycles. The van der Waals surface area contributed by atoms with E-state index in [1.54, 1.807) is 7.11 Å². The summed E-state index contributed by atoms with van der Waals surface area (Å²) >= 11 is 0. The summed E-state index contributed by atoms with van der Waals surface area (Å²) in [6.45, 7) is 0. The van der Waals surface area contributed by atoms with E-state index in [4.69, 9.17) is 9.84 Å². The topological polar surface area (TPSA) is 39.4 Å². The molecule has 2 aromatic heterocycles. The second-order valence-electron chi connectivity index (χ2n) is 5.23. The second kappa shape index (κ2) is 5.57. The molecule has 0 aliphatic carbocycles. The fraction of sp³-hybridized carbons (Fsp3) is 0.0526. The minimum atomic E-state index is 0.836. The van der Waals surface area contributed by atoms with Gasteiger partial charge >= 0.3 is 0 Å². The maximum Gasteiger partial charge on any atom is 0.161 e. The summed E-state index contributed by atoms with van der Waals surface area (Å²) in [6.07, 6.45) is 1.82. The van der Waals surface area contributed by atoms with Crippen LogP contribution in [-0.4, -0.2) is 21.7 Å². The predicted octanol–water partition coefficient (Wildman–Crippen LogP) is 4.07. The zero-order valence-corrected chi connectivity index (χ0v) is 12.7. The van der Waals surface area contributed by atoms with Gasteiger partial charge in [-0.05, 0) is 36.4 Å². The number of aromatic nitrogens is 3. The summed E-state index contributed by atoms with van der Waals surface area (Å²) < 4.78 is 7.09. The molecule has 4 aromatic rings. The fourth-order valence-electron chi connectivity index (χ4n) is 2.61. The van der Waals surface area contributed by atoms with Gasteiger partial charge in [0.15, 0.2) is 5.82 Å². The van der Waals surface area contributed by atoms with Crippen LogP contribution in [0.25, 0.3) is 28.2 Å². The molecule has 0 atom stereocenters. The van der Waals surface area contributed by atoms with E-state index < -0.39 is 0 Å². The van der Waals surface area contributed by atoms with E-state index in [-0.39, 0.29) is 0 Å². The Balaban J connectivity index is 1.84. The Bertz CT molecular complexity index is 943. The maximum atomic E-state index is 5.21. The molecule has 0 spiro atoms. The van der Waals surface area contributed by atoms with E-state index in [0.717, 1.165) is 33.9 Å². The molecule has 4 rings (SSSR count). The van der Waals surface area contributed by atoms with Crippen molar-refractivity contribution >= 4 is 5.52 Å². The third-order valence-corrected chi connectivity index (χ3v) is 3.80. The zero-order chi connectivity index (χ0) is 15.6. The summed E-state index contributed by atoms with van der Waals surface area (Å²) in [6, 6.07) is 22.0. The van der Waals surface area contributed by atoms with E-state index in [2.05, 4.69) is 11.1 Å². The molecule has 2 aromatic carbocycles. The molecule has 0 saturated carbocycles. The minimum absolute atomic E-state index is 0.836. The van der Waals surface area contributed by atoms with Crippen molar-refractivity contribution in [3.05, 3.63) is 72.9 Å². The molecular formula is C19H15N3O. The first-order valence-electron chi connectivity index (χ1n) is 7.40. The first-order valence-corrected chi connectivity index (χ1v) is 7.40. The van der Waals surface area contributed by atoms with E-state index in [1.165, 1.54) is 0 Å². The molecule has 4 nitrogen and oxygen atoms in total. The van der Waals surface area contributed by atoms with Crippen molar-refractivity contribution in [2.24, 2.45) is 0 Å². The third kappa shape index (κ3) is 2.44. The standard InChI is InChI=1S/C19H15N3O/c1-23-17-9-7-14(8-10-17)18-13-16-11-12-20-19(22(16)21-18)15-5-3-2-4-6-15/h2-13H,1H3. The first kappa shape index (κ1) is 13.5. The second-order valence-corrected chi connectivity index (χ2v) is 5.23. The molecule has 0 N–H and O–H groups in total. The number of nitrogens with zero attached hydrogens (tertiary/aromatic N) is 3. The Labute approximate surface area is 134 Å². The number of benzene rings is 2. The average Bonchev–Trinajstić information content (AvgIpc) is 3.06. The van der Waals surface area contributed by atoms with Gasteiger partial charge in [0.05, 0.1) is 18.3 Å². The van der Waals surface area contributed by atoms with Gasteiger partial charge in [-0.1, -0.05) is 30.3 Å². The largest absolute Gasteiger partial charge is 0.497 e. The van der Waals surface area contributed by atoms with Crippen LogP contribution in [0.4, 0.5) is 0 Å². The van der Waals surface area contributed by atoms with Gasteiger partial charge < -0.3 is 4.74 Å². The highest BCUT2D eigenvalue weighted by Crippen LogP contribution is 2.25. The van der Waals surface area contributed by atoms with Crippen molar-refractivity contribution in [1.82, 2.24) is 14.6 Å². The van der Waals surface area contributed by atoms with Crippen molar-refractivity contribution in [2.45, 2.75) is 0 Å². The molecule has 0 bridgehead atoms. The molecule has 0 unspecified atom stereocenters. The molecule has 23 heavy (non-hydrogen) atoms. The molecule has 112 valence electrons. The molecular weight excluding hydrogens is 286 g/mol. The van der Waals surface area contributed by atoms with Crippen LogP contribution in [0.15, 0.2) is 72.9 Å². The third-order valence-electron chi connectivity index (χ3n) is 3.80. The van der Waals surface area contributed by atoms with Crippen LogP contribution in [0.2, 0.25) is 0 Å². The normalized spacial score (nSPS) is 10.8. The molecule has 0 radical (unpaired) electrons. The van der Waals surface area contributed by atoms with Crippen molar-refractivity contribution in [3.63, 3.8) is 0 Å². The Morgan fingerprint density at radius 2 is 1.65 bits per heavy atom. The molecule has 0 amide bonds. The number of rotatable bonds is 3. The highest BCUT2D eigenvalue weighted by molar-refractivity contribution is 5.69. The highest BCUT2D eigenvalue weighted by Gasteiger charge is 2.09. The Morgan fingerprint density at radius 1 is 0.870 bits per heavy atom. The molecule has 2 heterocycles. The van der Waals surface area contributed by atoms with Gasteiger partial charge in [-0.3, -0.25) is 0 Å². The van der Waals surface area contributed by atoms with E-state index in [1.807, 2.05) is 71.4 Å². The lowest BCUT2D eigenvalue weighted by molar-refractivity contribution is 0.415. The molecule has 0 aliphatic rings. The van der Waals surface area contributed by atoms with Gasteiger partial charge in [0.2, 0.25) is 0 Å². The van der Waals surface area contributed by atoms with E-state index >= 15 is 0 Å². The van der Waals surface area contributed by atoms with Gasteiger partial charge in [0.1, 0.15) is 5.75 Å². The van der Waals surface area contributed by atoms with Crippen LogP contribution in [0.5, 0.6) is 5.75 Å². The summed E-state index contributed by atoms with van der Waals surface area (Å²) in [4.78, 5) is 4.49. The average molecular weight is 301 g/mol.